The molecule has 0 saturated heterocycles. The fourth-order valence-electron chi connectivity index (χ4n) is 0.785. The molecule has 0 aromatic rings. The molecule has 4 heteroatoms. The van der Waals surface area contributed by atoms with Gasteiger partial charge in [-0.3, -0.25) is 0 Å². The highest BCUT2D eigenvalue weighted by molar-refractivity contribution is 6.59. The summed E-state index contributed by atoms with van der Waals surface area (Å²) in [6, 6.07) is 0. The van der Waals surface area contributed by atoms with Gasteiger partial charge in [0, 0.05) is 12.2 Å². The lowest BCUT2D eigenvalue weighted by atomic mass is 10.5. The Morgan fingerprint density at radius 2 is 1.25 bits per heavy atom. The van der Waals surface area contributed by atoms with Gasteiger partial charge in [-0.05, 0) is 34.6 Å². The summed E-state index contributed by atoms with van der Waals surface area (Å²) in [4.78, 5) is 0. The lowest BCUT2D eigenvalue weighted by molar-refractivity contribution is 0.129. The summed E-state index contributed by atoms with van der Waals surface area (Å²) in [5.74, 6) is 0. The van der Waals surface area contributed by atoms with Crippen LogP contribution in [-0.4, -0.2) is 26.5 Å². The Labute approximate surface area is 82.0 Å². The summed E-state index contributed by atoms with van der Waals surface area (Å²) in [6.45, 7) is 9.95. The minimum atomic E-state index is -1.66. The maximum absolute atomic E-state index is 5.94. The largest absolute Gasteiger partial charge is 0.393 e. The second-order valence-corrected chi connectivity index (χ2v) is 6.81. The lowest BCUT2D eigenvalue weighted by Crippen LogP contribution is -2.36. The Bertz CT molecular complexity index is 108. The molecule has 0 rings (SSSR count). The molecule has 0 heterocycles. The number of halogens is 1. The lowest BCUT2D eigenvalue weighted by Gasteiger charge is -2.22. The van der Waals surface area contributed by atoms with Crippen LogP contribution in [-0.2, 0) is 8.85 Å². The van der Waals surface area contributed by atoms with Gasteiger partial charge in [-0.2, -0.15) is 0 Å². The van der Waals surface area contributed by atoms with Crippen LogP contribution in [0, 0.1) is 0 Å². The third kappa shape index (κ3) is 6.00. The molecular weight excluding hydrogens is 192 g/mol. The summed E-state index contributed by atoms with van der Waals surface area (Å²) in [5, 5.41) is 0.0230. The molecule has 0 aromatic carbocycles. The predicted octanol–water partition coefficient (Wildman–Crippen LogP) is 2.22. The number of alkyl halides is 1. The Kier molecular flexibility index (Phi) is 6.18. The normalized spacial score (nSPS) is 14.8. The molecule has 74 valence electrons. The molecule has 0 bridgehead atoms. The average molecular weight is 211 g/mol. The molecule has 0 aromatic heterocycles. The van der Waals surface area contributed by atoms with Gasteiger partial charge in [-0.1, -0.05) is 0 Å². The van der Waals surface area contributed by atoms with Gasteiger partial charge in [0.25, 0.3) is 0 Å². The molecule has 0 aliphatic rings. The highest BCUT2D eigenvalue weighted by Gasteiger charge is 2.22. The van der Waals surface area contributed by atoms with Crippen molar-refractivity contribution in [3.8, 4) is 0 Å². The third-order valence-corrected chi connectivity index (χ3v) is 4.18. The summed E-state index contributed by atoms with van der Waals surface area (Å²) in [7, 11) is -1.66. The van der Waals surface area contributed by atoms with Crippen molar-refractivity contribution >= 4 is 20.9 Å². The highest BCUT2D eigenvalue weighted by atomic mass is 35.5. The van der Waals surface area contributed by atoms with Crippen LogP contribution >= 0.6 is 11.6 Å². The van der Waals surface area contributed by atoms with E-state index in [1.54, 1.807) is 0 Å². The zero-order valence-corrected chi connectivity index (χ0v) is 10.4. The van der Waals surface area contributed by atoms with Gasteiger partial charge in [-0.15, -0.1) is 11.6 Å². The fourth-order valence-corrected chi connectivity index (χ4v) is 2.71. The smallest absolute Gasteiger partial charge is 0.340 e. The Balaban J connectivity index is 3.87. The summed E-state index contributed by atoms with van der Waals surface area (Å²) >= 11 is 5.94. The third-order valence-electron chi connectivity index (χ3n) is 1.19. The first-order valence-corrected chi connectivity index (χ1v) is 6.43. The molecule has 0 spiro atoms. The van der Waals surface area contributed by atoms with Crippen LogP contribution in [0.15, 0.2) is 0 Å². The predicted molar refractivity (Wildman–Crippen MR) is 54.9 cm³/mol. The molecule has 0 aliphatic heterocycles. The van der Waals surface area contributed by atoms with Crippen molar-refractivity contribution in [2.24, 2.45) is 0 Å². The van der Waals surface area contributed by atoms with E-state index < -0.39 is 9.28 Å². The minimum absolute atomic E-state index is 0.0230. The van der Waals surface area contributed by atoms with Crippen LogP contribution in [0.1, 0.15) is 34.6 Å². The van der Waals surface area contributed by atoms with E-state index in [0.29, 0.717) is 0 Å². The molecule has 0 fully saturated rings. The Morgan fingerprint density at radius 1 is 0.917 bits per heavy atom. The van der Waals surface area contributed by atoms with Gasteiger partial charge < -0.3 is 8.85 Å². The summed E-state index contributed by atoms with van der Waals surface area (Å²) in [5.41, 5.74) is 0. The minimum Gasteiger partial charge on any atom is -0.393 e. The van der Waals surface area contributed by atoms with Crippen molar-refractivity contribution < 1.29 is 8.85 Å². The van der Waals surface area contributed by atoms with Gasteiger partial charge in [0.05, 0.1) is 5.00 Å². The molecule has 0 N–H and O–H groups in total. The first-order valence-electron chi connectivity index (χ1n) is 4.38. The van der Waals surface area contributed by atoms with Crippen LogP contribution in [0.4, 0.5) is 0 Å². The quantitative estimate of drug-likeness (QED) is 0.512. The standard InChI is InChI=1S/C8H19ClO2Si/c1-6(2)10-12(8(5)9)11-7(3)4/h6-8,12H,1-5H3. The summed E-state index contributed by atoms with van der Waals surface area (Å²) < 4.78 is 11.2. The van der Waals surface area contributed by atoms with Crippen molar-refractivity contribution in [3.05, 3.63) is 0 Å². The van der Waals surface area contributed by atoms with Crippen LogP contribution in [0.25, 0.3) is 0 Å². The van der Waals surface area contributed by atoms with E-state index in [0.717, 1.165) is 0 Å². The van der Waals surface area contributed by atoms with E-state index in [1.807, 2.05) is 34.6 Å². The van der Waals surface area contributed by atoms with E-state index >= 15 is 0 Å². The number of hydrogen-bond donors (Lipinski definition) is 0. The zero-order valence-electron chi connectivity index (χ0n) is 8.50. The molecule has 0 amide bonds. The van der Waals surface area contributed by atoms with E-state index in [9.17, 15) is 0 Å². The van der Waals surface area contributed by atoms with E-state index in [4.69, 9.17) is 20.5 Å². The first-order chi connectivity index (χ1) is 5.43. The molecule has 1 atom stereocenters. The highest BCUT2D eigenvalue weighted by Crippen LogP contribution is 2.08. The molecule has 12 heavy (non-hydrogen) atoms. The van der Waals surface area contributed by atoms with Crippen LogP contribution in [0.3, 0.4) is 0 Å². The van der Waals surface area contributed by atoms with Gasteiger partial charge >= 0.3 is 9.28 Å². The van der Waals surface area contributed by atoms with Gasteiger partial charge in [0.15, 0.2) is 0 Å². The molecule has 0 saturated carbocycles. The van der Waals surface area contributed by atoms with Gasteiger partial charge in [-0.25, -0.2) is 0 Å². The molecular formula is C8H19ClO2Si. The second-order valence-electron chi connectivity index (χ2n) is 3.42. The molecule has 0 aliphatic carbocycles. The monoisotopic (exact) mass is 210 g/mol. The number of hydrogen-bond acceptors (Lipinski definition) is 2. The second kappa shape index (κ2) is 5.97. The van der Waals surface area contributed by atoms with Crippen LogP contribution < -0.4 is 0 Å². The Morgan fingerprint density at radius 3 is 1.42 bits per heavy atom. The maximum atomic E-state index is 5.94. The SMILES string of the molecule is CC(C)O[SiH](OC(C)C)C(C)Cl. The van der Waals surface area contributed by atoms with Crippen molar-refractivity contribution in [1.82, 2.24) is 0 Å². The van der Waals surface area contributed by atoms with Crippen LogP contribution in [0.2, 0.25) is 0 Å². The summed E-state index contributed by atoms with van der Waals surface area (Å²) in [6.07, 6.45) is 0.420. The maximum Gasteiger partial charge on any atom is 0.340 e. The van der Waals surface area contributed by atoms with Crippen molar-refractivity contribution in [2.75, 3.05) is 0 Å². The average Bonchev–Trinajstić information content (AvgIpc) is 1.83. The fraction of sp³-hybridized carbons (Fsp3) is 1.00. The molecule has 2 nitrogen and oxygen atoms in total. The first kappa shape index (κ1) is 12.4. The van der Waals surface area contributed by atoms with E-state index in [1.165, 1.54) is 0 Å². The van der Waals surface area contributed by atoms with Crippen LogP contribution in [0.5, 0.6) is 0 Å². The van der Waals surface area contributed by atoms with Gasteiger partial charge in [0.1, 0.15) is 0 Å². The molecule has 0 radical (unpaired) electrons. The van der Waals surface area contributed by atoms with Crippen molar-refractivity contribution in [1.29, 1.82) is 0 Å². The van der Waals surface area contributed by atoms with E-state index in [2.05, 4.69) is 0 Å². The van der Waals surface area contributed by atoms with Crippen molar-refractivity contribution in [3.63, 3.8) is 0 Å². The van der Waals surface area contributed by atoms with E-state index in [-0.39, 0.29) is 17.2 Å². The molecule has 1 unspecified atom stereocenters. The zero-order chi connectivity index (χ0) is 9.72. The van der Waals surface area contributed by atoms with Crippen molar-refractivity contribution in [2.45, 2.75) is 51.8 Å². The van der Waals surface area contributed by atoms with Gasteiger partial charge in [0.2, 0.25) is 0 Å². The Hall–Kier alpha value is 0.427. The topological polar surface area (TPSA) is 18.5 Å². The number of rotatable bonds is 5.